The molecule has 2 saturated carbocycles. The highest BCUT2D eigenvalue weighted by atomic mass is 16.5. The Bertz CT molecular complexity index is 319. The topological polar surface area (TPSA) is 30.5 Å². The van der Waals surface area contributed by atoms with Gasteiger partial charge in [0.15, 0.2) is 0 Å². The zero-order valence-electron chi connectivity index (χ0n) is 13.8. The molecule has 1 unspecified atom stereocenters. The average molecular weight is 295 g/mol. The zero-order chi connectivity index (χ0) is 14.6. The summed E-state index contributed by atoms with van der Waals surface area (Å²) in [4.78, 5) is 0. The molecule has 3 aliphatic rings. The minimum Gasteiger partial charge on any atom is -0.383 e. The Morgan fingerprint density at radius 3 is 2.48 bits per heavy atom. The van der Waals surface area contributed by atoms with Crippen molar-refractivity contribution in [3.63, 3.8) is 0 Å². The van der Waals surface area contributed by atoms with Gasteiger partial charge in [0, 0.05) is 20.2 Å². The van der Waals surface area contributed by atoms with Gasteiger partial charge in [-0.05, 0) is 50.4 Å². The SMILES string of the molecule is COCCNCC1(CC2CCC3(CCCC3)O2)CCCC1. The van der Waals surface area contributed by atoms with E-state index < -0.39 is 0 Å². The van der Waals surface area contributed by atoms with Gasteiger partial charge in [0.1, 0.15) is 0 Å². The fourth-order valence-corrected chi connectivity index (χ4v) is 5.02. The highest BCUT2D eigenvalue weighted by molar-refractivity contribution is 4.96. The summed E-state index contributed by atoms with van der Waals surface area (Å²) in [6.45, 7) is 2.95. The third-order valence-corrected chi connectivity index (χ3v) is 6.16. The van der Waals surface area contributed by atoms with Crippen LogP contribution in [0.4, 0.5) is 0 Å². The molecule has 3 nitrogen and oxygen atoms in total. The summed E-state index contributed by atoms with van der Waals surface area (Å²) in [5, 5.41) is 3.62. The Balaban J connectivity index is 1.50. The first-order chi connectivity index (χ1) is 10.3. The molecule has 2 aliphatic carbocycles. The van der Waals surface area contributed by atoms with Crippen molar-refractivity contribution in [1.29, 1.82) is 0 Å². The highest BCUT2D eigenvalue weighted by Gasteiger charge is 2.45. The second-order valence-electron chi connectivity index (χ2n) is 7.75. The van der Waals surface area contributed by atoms with Crippen molar-refractivity contribution < 1.29 is 9.47 Å². The van der Waals surface area contributed by atoms with Crippen molar-refractivity contribution in [3.8, 4) is 0 Å². The molecule has 0 amide bonds. The van der Waals surface area contributed by atoms with Crippen LogP contribution < -0.4 is 5.32 Å². The van der Waals surface area contributed by atoms with Crippen LogP contribution in [0.3, 0.4) is 0 Å². The standard InChI is InChI=1S/C18H33NO2/c1-20-13-12-19-15-17(7-2-3-8-17)14-16-6-11-18(21-16)9-4-5-10-18/h16,19H,2-15H2,1H3. The summed E-state index contributed by atoms with van der Waals surface area (Å²) < 4.78 is 11.7. The van der Waals surface area contributed by atoms with Gasteiger partial charge in [-0.25, -0.2) is 0 Å². The Hall–Kier alpha value is -0.120. The summed E-state index contributed by atoms with van der Waals surface area (Å²) >= 11 is 0. The van der Waals surface area contributed by atoms with E-state index >= 15 is 0 Å². The molecule has 1 N–H and O–H groups in total. The van der Waals surface area contributed by atoms with Crippen molar-refractivity contribution in [1.82, 2.24) is 5.32 Å². The van der Waals surface area contributed by atoms with Gasteiger partial charge in [-0.1, -0.05) is 25.7 Å². The van der Waals surface area contributed by atoms with E-state index in [9.17, 15) is 0 Å². The predicted molar refractivity (Wildman–Crippen MR) is 85.6 cm³/mol. The van der Waals surface area contributed by atoms with E-state index in [1.807, 2.05) is 0 Å². The first kappa shape index (κ1) is 15.8. The minimum atomic E-state index is 0.300. The van der Waals surface area contributed by atoms with Crippen molar-refractivity contribution >= 4 is 0 Å². The summed E-state index contributed by atoms with van der Waals surface area (Å²) in [7, 11) is 1.78. The Kier molecular flexibility index (Phi) is 5.23. The van der Waals surface area contributed by atoms with Crippen molar-refractivity contribution in [2.24, 2.45) is 5.41 Å². The number of hydrogen-bond donors (Lipinski definition) is 1. The van der Waals surface area contributed by atoms with Crippen LogP contribution in [-0.4, -0.2) is 38.5 Å². The van der Waals surface area contributed by atoms with Crippen LogP contribution in [0.1, 0.15) is 70.6 Å². The van der Waals surface area contributed by atoms with Gasteiger partial charge in [-0.2, -0.15) is 0 Å². The molecule has 0 radical (unpaired) electrons. The maximum atomic E-state index is 6.57. The van der Waals surface area contributed by atoms with Gasteiger partial charge in [0.25, 0.3) is 0 Å². The summed E-state index contributed by atoms with van der Waals surface area (Å²) in [6.07, 6.45) is 15.5. The molecule has 1 saturated heterocycles. The van der Waals surface area contributed by atoms with Crippen LogP contribution in [0.5, 0.6) is 0 Å². The van der Waals surface area contributed by atoms with E-state index in [0.717, 1.165) is 19.7 Å². The first-order valence-corrected chi connectivity index (χ1v) is 9.14. The van der Waals surface area contributed by atoms with Gasteiger partial charge >= 0.3 is 0 Å². The van der Waals surface area contributed by atoms with Crippen LogP contribution in [0, 0.1) is 5.41 Å². The van der Waals surface area contributed by atoms with Crippen molar-refractivity contribution in [2.45, 2.75) is 82.3 Å². The average Bonchev–Trinajstić information content (AvgIpc) is 3.20. The predicted octanol–water partition coefficient (Wildman–Crippen LogP) is 3.66. The van der Waals surface area contributed by atoms with E-state index in [1.54, 1.807) is 7.11 Å². The molecule has 1 atom stereocenters. The Labute approximate surface area is 130 Å². The molecule has 3 heteroatoms. The largest absolute Gasteiger partial charge is 0.383 e. The van der Waals surface area contributed by atoms with E-state index in [2.05, 4.69) is 5.32 Å². The number of ether oxygens (including phenoxy) is 2. The fraction of sp³-hybridized carbons (Fsp3) is 1.00. The quantitative estimate of drug-likeness (QED) is 0.727. The lowest BCUT2D eigenvalue weighted by molar-refractivity contribution is -0.0530. The molecule has 1 aliphatic heterocycles. The van der Waals surface area contributed by atoms with Crippen LogP contribution in [0.2, 0.25) is 0 Å². The third-order valence-electron chi connectivity index (χ3n) is 6.16. The summed E-state index contributed by atoms with van der Waals surface area (Å²) in [5.74, 6) is 0. The Morgan fingerprint density at radius 1 is 1.05 bits per heavy atom. The van der Waals surface area contributed by atoms with Gasteiger partial charge < -0.3 is 14.8 Å². The Morgan fingerprint density at radius 2 is 1.76 bits per heavy atom. The molecule has 0 aromatic carbocycles. The lowest BCUT2D eigenvalue weighted by Crippen LogP contribution is -2.37. The monoisotopic (exact) mass is 295 g/mol. The summed E-state index contributed by atoms with van der Waals surface area (Å²) in [5.41, 5.74) is 0.802. The van der Waals surface area contributed by atoms with Gasteiger partial charge in [-0.15, -0.1) is 0 Å². The van der Waals surface area contributed by atoms with Gasteiger partial charge in [0.05, 0.1) is 18.3 Å². The molecule has 0 aromatic rings. The molecule has 1 spiro atoms. The molecule has 3 rings (SSSR count). The molecule has 0 aromatic heterocycles. The molecule has 3 fully saturated rings. The van der Waals surface area contributed by atoms with Crippen LogP contribution >= 0.6 is 0 Å². The maximum Gasteiger partial charge on any atom is 0.0687 e. The minimum absolute atomic E-state index is 0.300. The van der Waals surface area contributed by atoms with Gasteiger partial charge in [-0.3, -0.25) is 0 Å². The second kappa shape index (κ2) is 6.97. The maximum absolute atomic E-state index is 6.57. The molecule has 122 valence electrons. The third kappa shape index (κ3) is 3.80. The highest BCUT2D eigenvalue weighted by Crippen LogP contribution is 2.48. The fourth-order valence-electron chi connectivity index (χ4n) is 5.02. The molecular weight excluding hydrogens is 262 g/mol. The van der Waals surface area contributed by atoms with Crippen LogP contribution in [0.15, 0.2) is 0 Å². The van der Waals surface area contributed by atoms with Gasteiger partial charge in [0.2, 0.25) is 0 Å². The summed E-state index contributed by atoms with van der Waals surface area (Å²) in [6, 6.07) is 0. The zero-order valence-corrected chi connectivity index (χ0v) is 13.8. The number of methoxy groups -OCH3 is 1. The lowest BCUT2D eigenvalue weighted by Gasteiger charge is -2.33. The van der Waals surface area contributed by atoms with E-state index in [0.29, 0.717) is 17.1 Å². The molecule has 1 heterocycles. The molecule has 0 bridgehead atoms. The number of hydrogen-bond acceptors (Lipinski definition) is 3. The van der Waals surface area contributed by atoms with Crippen molar-refractivity contribution in [2.75, 3.05) is 26.8 Å². The van der Waals surface area contributed by atoms with E-state index in [4.69, 9.17) is 9.47 Å². The molecule has 21 heavy (non-hydrogen) atoms. The van der Waals surface area contributed by atoms with Crippen LogP contribution in [0.25, 0.3) is 0 Å². The number of nitrogens with one attached hydrogen (secondary N) is 1. The van der Waals surface area contributed by atoms with Crippen LogP contribution in [-0.2, 0) is 9.47 Å². The van der Waals surface area contributed by atoms with E-state index in [-0.39, 0.29) is 0 Å². The van der Waals surface area contributed by atoms with Crippen molar-refractivity contribution in [3.05, 3.63) is 0 Å². The first-order valence-electron chi connectivity index (χ1n) is 9.14. The van der Waals surface area contributed by atoms with E-state index in [1.165, 1.54) is 70.6 Å². The normalized spacial score (nSPS) is 30.4. The smallest absolute Gasteiger partial charge is 0.0687 e. The molecular formula is C18H33NO2. The second-order valence-corrected chi connectivity index (χ2v) is 7.75. The lowest BCUT2D eigenvalue weighted by atomic mass is 9.80. The number of rotatable bonds is 7.